The fourth-order valence-corrected chi connectivity index (χ4v) is 2.69. The first kappa shape index (κ1) is 11.4. The Morgan fingerprint density at radius 2 is 2.20 bits per heavy atom. The number of hydrogen-bond acceptors (Lipinski definition) is 2. The molecule has 0 aromatic heterocycles. The van der Waals surface area contributed by atoms with E-state index in [1.807, 2.05) is 0 Å². The third kappa shape index (κ3) is 3.46. The topological polar surface area (TPSA) is 21.3 Å². The summed E-state index contributed by atoms with van der Waals surface area (Å²) in [5, 5.41) is 3.62. The Morgan fingerprint density at radius 3 is 2.80 bits per heavy atom. The average molecular weight is 211 g/mol. The summed E-state index contributed by atoms with van der Waals surface area (Å²) in [4.78, 5) is 0. The summed E-state index contributed by atoms with van der Waals surface area (Å²) in [6.45, 7) is 5.57. The molecule has 1 saturated carbocycles. The Hall–Kier alpha value is -0.0800. The van der Waals surface area contributed by atoms with Crippen LogP contribution in [0.5, 0.6) is 0 Å². The van der Waals surface area contributed by atoms with Crippen molar-refractivity contribution in [3.63, 3.8) is 0 Å². The summed E-state index contributed by atoms with van der Waals surface area (Å²) in [7, 11) is 0. The molecule has 2 rings (SSSR count). The minimum atomic E-state index is 0.496. The van der Waals surface area contributed by atoms with Crippen LogP contribution in [0.4, 0.5) is 0 Å². The molecule has 88 valence electrons. The molecule has 1 saturated heterocycles. The molecule has 2 heteroatoms. The molecule has 0 aromatic carbocycles. The minimum absolute atomic E-state index is 0.496. The van der Waals surface area contributed by atoms with Gasteiger partial charge in [0.1, 0.15) is 0 Å². The SMILES string of the molecule is CCCC1(CNCC2CCCCO2)CC1. The van der Waals surface area contributed by atoms with Gasteiger partial charge >= 0.3 is 0 Å². The Labute approximate surface area is 93.8 Å². The van der Waals surface area contributed by atoms with Crippen LogP contribution in [0.1, 0.15) is 51.9 Å². The van der Waals surface area contributed by atoms with Crippen molar-refractivity contribution in [2.75, 3.05) is 19.7 Å². The zero-order chi connectivity index (χ0) is 10.6. The zero-order valence-electron chi connectivity index (χ0n) is 10.1. The van der Waals surface area contributed by atoms with Gasteiger partial charge in [0.25, 0.3) is 0 Å². The molecule has 2 nitrogen and oxygen atoms in total. The summed E-state index contributed by atoms with van der Waals surface area (Å²) in [6.07, 6.45) is 10.00. The zero-order valence-corrected chi connectivity index (χ0v) is 10.1. The van der Waals surface area contributed by atoms with Gasteiger partial charge in [0, 0.05) is 19.7 Å². The van der Waals surface area contributed by atoms with Gasteiger partial charge in [0.05, 0.1) is 6.10 Å². The van der Waals surface area contributed by atoms with Crippen molar-refractivity contribution in [1.29, 1.82) is 0 Å². The van der Waals surface area contributed by atoms with E-state index in [1.54, 1.807) is 0 Å². The highest BCUT2D eigenvalue weighted by atomic mass is 16.5. The van der Waals surface area contributed by atoms with Crippen molar-refractivity contribution in [3.8, 4) is 0 Å². The second kappa shape index (κ2) is 5.31. The maximum absolute atomic E-state index is 5.71. The van der Waals surface area contributed by atoms with Crippen LogP contribution in [0.3, 0.4) is 0 Å². The summed E-state index contributed by atoms with van der Waals surface area (Å²) in [6, 6.07) is 0. The molecule has 1 aliphatic carbocycles. The van der Waals surface area contributed by atoms with Crippen LogP contribution in [0.25, 0.3) is 0 Å². The summed E-state index contributed by atoms with van der Waals surface area (Å²) in [5.41, 5.74) is 0.684. The second-order valence-corrected chi connectivity index (χ2v) is 5.37. The third-order valence-corrected chi connectivity index (χ3v) is 3.88. The van der Waals surface area contributed by atoms with Gasteiger partial charge in [0.2, 0.25) is 0 Å². The molecule has 2 fully saturated rings. The molecule has 0 radical (unpaired) electrons. The highest BCUT2D eigenvalue weighted by Gasteiger charge is 2.40. The first-order valence-electron chi connectivity index (χ1n) is 6.67. The maximum Gasteiger partial charge on any atom is 0.0699 e. The van der Waals surface area contributed by atoms with E-state index in [-0.39, 0.29) is 0 Å². The molecule has 1 heterocycles. The maximum atomic E-state index is 5.71. The van der Waals surface area contributed by atoms with Crippen LogP contribution in [-0.4, -0.2) is 25.8 Å². The van der Waals surface area contributed by atoms with Crippen LogP contribution in [0.2, 0.25) is 0 Å². The number of rotatable bonds is 6. The molecule has 2 aliphatic rings. The predicted molar refractivity (Wildman–Crippen MR) is 63.0 cm³/mol. The van der Waals surface area contributed by atoms with E-state index >= 15 is 0 Å². The van der Waals surface area contributed by atoms with Gasteiger partial charge in [0.15, 0.2) is 0 Å². The normalized spacial score (nSPS) is 29.0. The van der Waals surface area contributed by atoms with Crippen molar-refractivity contribution in [3.05, 3.63) is 0 Å². The standard InChI is InChI=1S/C13H25NO/c1-2-6-13(7-8-13)11-14-10-12-5-3-4-9-15-12/h12,14H,2-11H2,1H3. The van der Waals surface area contributed by atoms with Gasteiger partial charge in [-0.3, -0.25) is 0 Å². The predicted octanol–water partition coefficient (Wildman–Crippen LogP) is 2.73. The van der Waals surface area contributed by atoms with Crippen LogP contribution in [-0.2, 0) is 4.74 Å². The van der Waals surface area contributed by atoms with E-state index in [0.717, 1.165) is 13.2 Å². The van der Waals surface area contributed by atoms with Gasteiger partial charge in [-0.1, -0.05) is 13.3 Å². The Bertz CT molecular complexity index is 183. The van der Waals surface area contributed by atoms with E-state index < -0.39 is 0 Å². The summed E-state index contributed by atoms with van der Waals surface area (Å²) in [5.74, 6) is 0. The lowest BCUT2D eigenvalue weighted by molar-refractivity contribution is 0.0163. The highest BCUT2D eigenvalue weighted by molar-refractivity contribution is 4.94. The lowest BCUT2D eigenvalue weighted by atomic mass is 10.0. The van der Waals surface area contributed by atoms with Crippen LogP contribution in [0.15, 0.2) is 0 Å². The monoisotopic (exact) mass is 211 g/mol. The van der Waals surface area contributed by atoms with E-state index in [4.69, 9.17) is 4.74 Å². The Morgan fingerprint density at radius 1 is 1.33 bits per heavy atom. The molecular weight excluding hydrogens is 186 g/mol. The Kier molecular flexibility index (Phi) is 4.04. The van der Waals surface area contributed by atoms with Gasteiger partial charge in [-0.15, -0.1) is 0 Å². The molecule has 1 unspecified atom stereocenters. The fourth-order valence-electron chi connectivity index (χ4n) is 2.69. The quantitative estimate of drug-likeness (QED) is 0.729. The second-order valence-electron chi connectivity index (χ2n) is 5.37. The first-order valence-corrected chi connectivity index (χ1v) is 6.67. The smallest absolute Gasteiger partial charge is 0.0699 e. The van der Waals surface area contributed by atoms with Gasteiger partial charge in [-0.05, 0) is 43.9 Å². The summed E-state index contributed by atoms with van der Waals surface area (Å²) < 4.78 is 5.71. The van der Waals surface area contributed by atoms with Gasteiger partial charge in [-0.25, -0.2) is 0 Å². The van der Waals surface area contributed by atoms with Crippen molar-refractivity contribution < 1.29 is 4.74 Å². The molecule has 15 heavy (non-hydrogen) atoms. The molecule has 0 amide bonds. The lowest BCUT2D eigenvalue weighted by Crippen LogP contribution is -2.35. The van der Waals surface area contributed by atoms with Gasteiger partial charge < -0.3 is 10.1 Å². The molecule has 1 aliphatic heterocycles. The van der Waals surface area contributed by atoms with Crippen LogP contribution in [0, 0.1) is 5.41 Å². The van der Waals surface area contributed by atoms with Crippen molar-refractivity contribution in [2.24, 2.45) is 5.41 Å². The Balaban J connectivity index is 1.58. The first-order chi connectivity index (χ1) is 7.35. The minimum Gasteiger partial charge on any atom is -0.377 e. The third-order valence-electron chi connectivity index (χ3n) is 3.88. The van der Waals surface area contributed by atoms with E-state index in [2.05, 4.69) is 12.2 Å². The largest absolute Gasteiger partial charge is 0.377 e. The van der Waals surface area contributed by atoms with Gasteiger partial charge in [-0.2, -0.15) is 0 Å². The lowest BCUT2D eigenvalue weighted by Gasteiger charge is -2.24. The number of hydrogen-bond donors (Lipinski definition) is 1. The molecule has 0 spiro atoms. The molecule has 1 N–H and O–H groups in total. The van der Waals surface area contributed by atoms with E-state index in [1.165, 1.54) is 51.5 Å². The number of ether oxygens (including phenoxy) is 1. The molecule has 0 bridgehead atoms. The van der Waals surface area contributed by atoms with Crippen molar-refractivity contribution >= 4 is 0 Å². The highest BCUT2D eigenvalue weighted by Crippen LogP contribution is 2.48. The van der Waals surface area contributed by atoms with E-state index in [9.17, 15) is 0 Å². The number of nitrogens with one attached hydrogen (secondary N) is 1. The van der Waals surface area contributed by atoms with E-state index in [0.29, 0.717) is 11.5 Å². The van der Waals surface area contributed by atoms with Crippen LogP contribution >= 0.6 is 0 Å². The molecule has 0 aromatic rings. The summed E-state index contributed by atoms with van der Waals surface area (Å²) >= 11 is 0. The average Bonchev–Trinajstić information content (AvgIpc) is 3.00. The van der Waals surface area contributed by atoms with Crippen molar-refractivity contribution in [1.82, 2.24) is 5.32 Å². The molecule has 1 atom stereocenters. The molecular formula is C13H25NO. The van der Waals surface area contributed by atoms with Crippen LogP contribution < -0.4 is 5.32 Å². The fraction of sp³-hybridized carbons (Fsp3) is 1.00. The van der Waals surface area contributed by atoms with Crippen molar-refractivity contribution in [2.45, 2.75) is 58.0 Å².